The maximum Gasteiger partial charge on any atom is 0.356 e. The fourth-order valence-electron chi connectivity index (χ4n) is 1.23. The van der Waals surface area contributed by atoms with Crippen molar-refractivity contribution in [2.24, 2.45) is 11.6 Å². The molecule has 1 atom stereocenters. The zero-order valence-electron chi connectivity index (χ0n) is 10.5. The highest BCUT2D eigenvalue weighted by molar-refractivity contribution is 5.78. The van der Waals surface area contributed by atoms with Gasteiger partial charge < -0.3 is 9.47 Å². The summed E-state index contributed by atoms with van der Waals surface area (Å²) >= 11 is 0. The molecule has 0 bridgehead atoms. The second kappa shape index (κ2) is 6.31. The fourth-order valence-corrected chi connectivity index (χ4v) is 1.23. The molecule has 0 unspecified atom stereocenters. The first-order valence-corrected chi connectivity index (χ1v) is 4.96. The van der Waals surface area contributed by atoms with Gasteiger partial charge in [-0.3, -0.25) is 10.6 Å². The zero-order chi connectivity index (χ0) is 13.4. The summed E-state index contributed by atoms with van der Waals surface area (Å²) in [6.45, 7) is -0.205. The summed E-state index contributed by atoms with van der Waals surface area (Å²) in [5.41, 5.74) is 4.85. The van der Waals surface area contributed by atoms with Crippen LogP contribution in [0.2, 0.25) is 1.41 Å². The Kier molecular flexibility index (Phi) is 4.45. The molecule has 0 fully saturated rings. The van der Waals surface area contributed by atoms with Crippen LogP contribution in [0.5, 0.6) is 0 Å². The van der Waals surface area contributed by atoms with E-state index in [0.29, 0.717) is 0 Å². The summed E-state index contributed by atoms with van der Waals surface area (Å²) in [5, 5.41) is 0. The third-order valence-electron chi connectivity index (χ3n) is 2.16. The minimum absolute atomic E-state index is 0.133. The zero-order valence-corrected chi connectivity index (χ0v) is 9.51. The predicted molar refractivity (Wildman–Crippen MR) is 60.3 cm³/mol. The van der Waals surface area contributed by atoms with E-state index in [0.717, 1.165) is 5.56 Å². The highest BCUT2D eigenvalue weighted by Crippen LogP contribution is 2.10. The number of carbonyl (C=O) groups is 1. The van der Waals surface area contributed by atoms with Crippen molar-refractivity contribution >= 4 is 5.97 Å². The Morgan fingerprint density at radius 3 is 2.76 bits per heavy atom. The average Bonchev–Trinajstić information content (AvgIpc) is 2.43. The van der Waals surface area contributed by atoms with E-state index >= 15 is 0 Å². The number of esters is 1. The molecule has 6 nitrogen and oxygen atoms in total. The second-order valence-electron chi connectivity index (χ2n) is 3.44. The summed E-state index contributed by atoms with van der Waals surface area (Å²) in [4.78, 5) is 16.1. The second-order valence-corrected chi connectivity index (χ2v) is 3.44. The maximum absolute atomic E-state index is 11.5. The summed E-state index contributed by atoms with van der Waals surface area (Å²) in [6.07, 6.45) is 0. The molecule has 0 spiro atoms. The van der Waals surface area contributed by atoms with Gasteiger partial charge in [0.05, 0.1) is 13.7 Å². The van der Waals surface area contributed by atoms with Gasteiger partial charge in [0.25, 0.3) is 0 Å². The lowest BCUT2D eigenvalue weighted by molar-refractivity contribution is -0.180. The number of ether oxygens (including phenoxy) is 2. The first kappa shape index (κ1) is 12.0. The summed E-state index contributed by atoms with van der Waals surface area (Å²) in [6, 6.07) is 9.23. The molecule has 94 valence electrons. The number of methoxy groups -OCH3 is 1. The molecule has 17 heavy (non-hydrogen) atoms. The summed E-state index contributed by atoms with van der Waals surface area (Å²) < 4.78 is 16.5. The number of nitrogens with two attached hydrogens (primary N) is 2. The number of hydrogen-bond acceptors (Lipinski definition) is 6. The van der Waals surface area contributed by atoms with E-state index in [9.17, 15) is 4.79 Å². The molecule has 4 N–H and O–H groups in total. The fraction of sp³-hybridized carbons (Fsp3) is 0.364. The van der Waals surface area contributed by atoms with Gasteiger partial charge in [-0.25, -0.2) is 10.7 Å². The van der Waals surface area contributed by atoms with Crippen LogP contribution in [0.1, 0.15) is 5.56 Å². The third kappa shape index (κ3) is 3.79. The molecule has 0 heterocycles. The van der Waals surface area contributed by atoms with Gasteiger partial charge in [-0.1, -0.05) is 30.3 Å². The predicted octanol–water partition coefficient (Wildman–Crippen LogP) is -0.0785. The van der Waals surface area contributed by atoms with Gasteiger partial charge in [-0.15, -0.1) is 0 Å². The SMILES string of the molecule is [2H]NOC[C@@](N)(OCc1ccccc1)C(=O)OC. The van der Waals surface area contributed by atoms with Crippen molar-refractivity contribution in [3.63, 3.8) is 0 Å². The largest absolute Gasteiger partial charge is 0.466 e. The van der Waals surface area contributed by atoms with E-state index in [2.05, 4.69) is 9.57 Å². The van der Waals surface area contributed by atoms with Gasteiger partial charge in [0.2, 0.25) is 5.72 Å². The molecule has 1 aromatic carbocycles. The molecule has 0 aliphatic carbocycles. The van der Waals surface area contributed by atoms with E-state index in [1.807, 2.05) is 30.3 Å². The van der Waals surface area contributed by atoms with Gasteiger partial charge in [-0.05, 0) is 5.56 Å². The molecule has 1 rings (SSSR count). The van der Waals surface area contributed by atoms with Crippen molar-refractivity contribution in [2.45, 2.75) is 12.3 Å². The van der Waals surface area contributed by atoms with Crippen molar-refractivity contribution in [3.8, 4) is 0 Å². The third-order valence-corrected chi connectivity index (χ3v) is 2.16. The lowest BCUT2D eigenvalue weighted by Crippen LogP contribution is -2.55. The highest BCUT2D eigenvalue weighted by atomic mass is 16.6. The van der Waals surface area contributed by atoms with Crippen molar-refractivity contribution in [1.29, 1.82) is 0 Å². The van der Waals surface area contributed by atoms with Crippen LogP contribution >= 0.6 is 0 Å². The van der Waals surface area contributed by atoms with Gasteiger partial charge >= 0.3 is 5.97 Å². The molecular weight excluding hydrogens is 224 g/mol. The van der Waals surface area contributed by atoms with Crippen molar-refractivity contribution in [1.82, 2.24) is 0 Å². The van der Waals surface area contributed by atoms with Crippen LogP contribution in [-0.4, -0.2) is 25.4 Å². The van der Waals surface area contributed by atoms with E-state index in [1.54, 1.807) is 5.89 Å². The highest BCUT2D eigenvalue weighted by Gasteiger charge is 2.37. The smallest absolute Gasteiger partial charge is 0.356 e. The quantitative estimate of drug-likeness (QED) is 0.394. The molecule has 0 radical (unpaired) electrons. The standard InChI is InChI=1S/C11H16N2O4/c1-15-10(14)11(12,8-17-13)16-7-9-5-3-2-4-6-9/h2-6H,7-8,12-13H2,1H3/t11-/m1/s1/i13D. The number of carbonyl (C=O) groups excluding carboxylic acids is 1. The molecule has 6 heteroatoms. The summed E-state index contributed by atoms with van der Waals surface area (Å²) in [7, 11) is 1.20. The Bertz CT molecular complexity index is 377. The number of hydrogen-bond donors (Lipinski definition) is 2. The van der Waals surface area contributed by atoms with Gasteiger partial charge in [0.15, 0.2) is 1.41 Å². The van der Waals surface area contributed by atoms with Crippen LogP contribution in [0, 0.1) is 0 Å². The Labute approximate surface area is 101 Å². The Hall–Kier alpha value is -1.47. The molecule has 0 aromatic heterocycles. The van der Waals surface area contributed by atoms with E-state index in [4.69, 9.17) is 11.9 Å². The molecule has 0 amide bonds. The van der Waals surface area contributed by atoms with E-state index < -0.39 is 11.7 Å². The molecule has 0 saturated carbocycles. The van der Waals surface area contributed by atoms with Crippen LogP contribution in [-0.2, 0) is 25.7 Å². The van der Waals surface area contributed by atoms with Crippen molar-refractivity contribution in [3.05, 3.63) is 35.9 Å². The molecular formula is C11H16N2O4. The number of rotatable bonds is 7. The van der Waals surface area contributed by atoms with Crippen molar-refractivity contribution in [2.75, 3.05) is 13.7 Å². The monoisotopic (exact) mass is 241 g/mol. The molecule has 0 aliphatic heterocycles. The summed E-state index contributed by atoms with van der Waals surface area (Å²) in [5.74, 6) is 0.913. The lowest BCUT2D eigenvalue weighted by Gasteiger charge is -2.25. The van der Waals surface area contributed by atoms with E-state index in [-0.39, 0.29) is 13.2 Å². The Morgan fingerprint density at radius 2 is 2.18 bits per heavy atom. The first-order chi connectivity index (χ1) is 8.62. The van der Waals surface area contributed by atoms with E-state index in [1.165, 1.54) is 7.11 Å². The first-order valence-electron chi connectivity index (χ1n) is 5.46. The lowest BCUT2D eigenvalue weighted by atomic mass is 10.2. The van der Waals surface area contributed by atoms with Crippen LogP contribution in [0.3, 0.4) is 0 Å². The van der Waals surface area contributed by atoms with Gasteiger partial charge in [0, 0.05) is 0 Å². The number of benzene rings is 1. The van der Waals surface area contributed by atoms with Gasteiger partial charge in [0.1, 0.15) is 6.61 Å². The maximum atomic E-state index is 11.5. The van der Waals surface area contributed by atoms with Crippen molar-refractivity contribution < 1.29 is 20.5 Å². The van der Waals surface area contributed by atoms with Crippen LogP contribution in [0.4, 0.5) is 0 Å². The minimum atomic E-state index is -1.75. The topological polar surface area (TPSA) is 96.8 Å². The van der Waals surface area contributed by atoms with Crippen LogP contribution < -0.4 is 11.6 Å². The van der Waals surface area contributed by atoms with Crippen LogP contribution in [0.15, 0.2) is 30.3 Å². The molecule has 0 saturated heterocycles. The van der Waals surface area contributed by atoms with Gasteiger partial charge in [-0.2, -0.15) is 0 Å². The molecule has 1 aromatic rings. The minimum Gasteiger partial charge on any atom is -0.466 e. The molecule has 0 aliphatic rings. The normalized spacial score (nSPS) is 14.8. The van der Waals surface area contributed by atoms with Crippen LogP contribution in [0.25, 0.3) is 0 Å². The average molecular weight is 241 g/mol. The Balaban J connectivity index is 2.64. The Morgan fingerprint density at radius 1 is 1.47 bits per heavy atom.